The summed E-state index contributed by atoms with van der Waals surface area (Å²) in [5.74, 6) is 0.663. The molecule has 0 aliphatic carbocycles. The van der Waals surface area contributed by atoms with Gasteiger partial charge in [-0.1, -0.05) is 24.0 Å². The van der Waals surface area contributed by atoms with Crippen LogP contribution in [0.3, 0.4) is 0 Å². The zero-order valence-corrected chi connectivity index (χ0v) is 15.7. The van der Waals surface area contributed by atoms with Crippen LogP contribution < -0.4 is 14.4 Å². The van der Waals surface area contributed by atoms with Crippen molar-refractivity contribution in [2.45, 2.75) is 0 Å². The largest absolute Gasteiger partial charge is 0.454 e. The Morgan fingerprint density at radius 1 is 1.24 bits per heavy atom. The van der Waals surface area contributed by atoms with E-state index in [-0.39, 0.29) is 18.5 Å². The van der Waals surface area contributed by atoms with Gasteiger partial charge >= 0.3 is 0 Å². The molecule has 0 N–H and O–H groups in total. The van der Waals surface area contributed by atoms with E-state index in [4.69, 9.17) is 21.7 Å². The van der Waals surface area contributed by atoms with E-state index in [1.807, 2.05) is 6.07 Å². The molecule has 0 unspecified atom stereocenters. The van der Waals surface area contributed by atoms with E-state index in [0.717, 1.165) is 10.0 Å². The van der Waals surface area contributed by atoms with Crippen molar-refractivity contribution in [3.05, 3.63) is 57.2 Å². The van der Waals surface area contributed by atoms with Gasteiger partial charge in [0.25, 0.3) is 5.91 Å². The van der Waals surface area contributed by atoms with Crippen LogP contribution in [0.4, 0.5) is 10.1 Å². The number of carbonyl (C=O) groups is 1. The fourth-order valence-corrected chi connectivity index (χ4v) is 4.38. The zero-order chi connectivity index (χ0) is 17.6. The summed E-state index contributed by atoms with van der Waals surface area (Å²) in [5.41, 5.74) is 1.33. The molecule has 0 atom stereocenters. The normalized spacial score (nSPS) is 17.7. The number of anilines is 1. The first-order chi connectivity index (χ1) is 12.0. The van der Waals surface area contributed by atoms with Crippen LogP contribution in [0.15, 0.2) is 45.8 Å². The van der Waals surface area contributed by atoms with Crippen molar-refractivity contribution in [2.24, 2.45) is 0 Å². The predicted octanol–water partition coefficient (Wildman–Crippen LogP) is 4.72. The van der Waals surface area contributed by atoms with Crippen molar-refractivity contribution in [3.8, 4) is 11.5 Å². The van der Waals surface area contributed by atoms with Crippen LogP contribution in [0.1, 0.15) is 5.56 Å². The lowest BCUT2D eigenvalue weighted by atomic mass is 10.2. The molecule has 2 aliphatic heterocycles. The first-order valence-electron chi connectivity index (χ1n) is 7.15. The Labute approximate surface area is 160 Å². The Morgan fingerprint density at radius 3 is 2.76 bits per heavy atom. The molecule has 1 saturated heterocycles. The Bertz CT molecular complexity index is 930. The lowest BCUT2D eigenvalue weighted by Gasteiger charge is -2.14. The van der Waals surface area contributed by atoms with Crippen LogP contribution in [-0.4, -0.2) is 17.0 Å². The average molecular weight is 438 g/mol. The number of hydrogen-bond donors (Lipinski definition) is 0. The lowest BCUT2D eigenvalue weighted by molar-refractivity contribution is -0.113. The van der Waals surface area contributed by atoms with E-state index < -0.39 is 0 Å². The zero-order valence-electron chi connectivity index (χ0n) is 12.5. The maximum atomic E-state index is 13.1. The van der Waals surface area contributed by atoms with E-state index >= 15 is 0 Å². The van der Waals surface area contributed by atoms with Crippen LogP contribution in [-0.2, 0) is 4.79 Å². The van der Waals surface area contributed by atoms with Gasteiger partial charge in [-0.25, -0.2) is 4.39 Å². The summed E-state index contributed by atoms with van der Waals surface area (Å²) in [6.07, 6.45) is 1.75. The summed E-state index contributed by atoms with van der Waals surface area (Å²) in [5, 5.41) is 0. The molecule has 0 radical (unpaired) electrons. The number of thioether (sulfide) groups is 1. The minimum Gasteiger partial charge on any atom is -0.454 e. The van der Waals surface area contributed by atoms with Gasteiger partial charge in [-0.05, 0) is 64.0 Å². The number of hydrogen-bond acceptors (Lipinski definition) is 5. The van der Waals surface area contributed by atoms with Crippen LogP contribution >= 0.6 is 39.9 Å². The molecule has 0 aromatic heterocycles. The highest BCUT2D eigenvalue weighted by Crippen LogP contribution is 2.42. The molecule has 2 aromatic carbocycles. The number of nitrogens with zero attached hydrogens (tertiary/aromatic N) is 1. The highest BCUT2D eigenvalue weighted by Gasteiger charge is 2.33. The Balaban J connectivity index is 1.67. The summed E-state index contributed by atoms with van der Waals surface area (Å²) in [7, 11) is 0. The Kier molecular flexibility index (Phi) is 4.26. The molecule has 8 heteroatoms. The second kappa shape index (κ2) is 6.44. The van der Waals surface area contributed by atoms with Crippen molar-refractivity contribution in [2.75, 3.05) is 11.7 Å². The first-order valence-corrected chi connectivity index (χ1v) is 9.17. The van der Waals surface area contributed by atoms with Gasteiger partial charge < -0.3 is 9.47 Å². The molecular weight excluding hydrogens is 429 g/mol. The van der Waals surface area contributed by atoms with Crippen LogP contribution in [0.25, 0.3) is 6.08 Å². The quantitative estimate of drug-likeness (QED) is 0.501. The smallest absolute Gasteiger partial charge is 0.270 e. The SMILES string of the molecule is O=C1/C(=C\c2cc(Br)c3c(c2)OCO3)SC(=S)N1c1ccc(F)cc1. The van der Waals surface area contributed by atoms with Gasteiger partial charge in [0.05, 0.1) is 15.1 Å². The number of thiocarbonyl (C=S) groups is 1. The summed E-state index contributed by atoms with van der Waals surface area (Å²) in [6, 6.07) is 9.30. The molecule has 126 valence electrons. The molecule has 2 heterocycles. The van der Waals surface area contributed by atoms with E-state index in [9.17, 15) is 9.18 Å². The molecular formula is C17H9BrFNO3S2. The number of amides is 1. The number of halogens is 2. The summed E-state index contributed by atoms with van der Waals surface area (Å²) in [4.78, 5) is 14.6. The third kappa shape index (κ3) is 3.05. The van der Waals surface area contributed by atoms with Crippen molar-refractivity contribution in [1.82, 2.24) is 0 Å². The molecule has 4 rings (SSSR count). The van der Waals surface area contributed by atoms with E-state index in [1.54, 1.807) is 12.1 Å². The highest BCUT2D eigenvalue weighted by molar-refractivity contribution is 9.10. The number of carbonyl (C=O) groups excluding carboxylic acids is 1. The predicted molar refractivity (Wildman–Crippen MR) is 102 cm³/mol. The number of fused-ring (bicyclic) bond motifs is 1. The Hall–Kier alpha value is -1.90. The number of benzene rings is 2. The molecule has 0 spiro atoms. The fourth-order valence-electron chi connectivity index (χ4n) is 2.50. The van der Waals surface area contributed by atoms with Crippen LogP contribution in [0.5, 0.6) is 11.5 Å². The van der Waals surface area contributed by atoms with Crippen molar-refractivity contribution in [1.29, 1.82) is 0 Å². The average Bonchev–Trinajstić information content (AvgIpc) is 3.14. The monoisotopic (exact) mass is 437 g/mol. The molecule has 0 saturated carbocycles. The molecule has 4 nitrogen and oxygen atoms in total. The van der Waals surface area contributed by atoms with Crippen molar-refractivity contribution >= 4 is 61.9 Å². The fraction of sp³-hybridized carbons (Fsp3) is 0.0588. The van der Waals surface area contributed by atoms with Crippen molar-refractivity contribution < 1.29 is 18.7 Å². The summed E-state index contributed by atoms with van der Waals surface area (Å²) < 4.78 is 25.0. The molecule has 2 aliphatic rings. The third-order valence-corrected chi connectivity index (χ3v) is 5.52. The number of rotatable bonds is 2. The first kappa shape index (κ1) is 16.6. The second-order valence-electron chi connectivity index (χ2n) is 5.23. The molecule has 2 aromatic rings. The van der Waals surface area contributed by atoms with Gasteiger partial charge in [-0.15, -0.1) is 0 Å². The molecule has 25 heavy (non-hydrogen) atoms. The topological polar surface area (TPSA) is 38.8 Å². The minimum absolute atomic E-state index is 0.171. The van der Waals surface area contributed by atoms with Crippen LogP contribution in [0, 0.1) is 5.82 Å². The molecule has 1 amide bonds. The summed E-state index contributed by atoms with van der Waals surface area (Å²) >= 11 is 9.95. The van der Waals surface area contributed by atoms with Gasteiger partial charge in [0.1, 0.15) is 5.82 Å². The Morgan fingerprint density at radius 2 is 2.00 bits per heavy atom. The van der Waals surface area contributed by atoms with Crippen LogP contribution in [0.2, 0.25) is 0 Å². The maximum absolute atomic E-state index is 13.1. The van der Waals surface area contributed by atoms with Crippen molar-refractivity contribution in [3.63, 3.8) is 0 Å². The van der Waals surface area contributed by atoms with E-state index in [1.165, 1.54) is 40.9 Å². The molecule has 0 bridgehead atoms. The summed E-state index contributed by atoms with van der Waals surface area (Å²) in [6.45, 7) is 0.171. The number of ether oxygens (including phenoxy) is 2. The lowest BCUT2D eigenvalue weighted by Crippen LogP contribution is -2.27. The van der Waals surface area contributed by atoms with E-state index in [0.29, 0.717) is 26.4 Å². The van der Waals surface area contributed by atoms with Gasteiger partial charge in [0, 0.05) is 0 Å². The molecule has 1 fully saturated rings. The second-order valence-corrected chi connectivity index (χ2v) is 7.76. The minimum atomic E-state index is -0.366. The van der Waals surface area contributed by atoms with Gasteiger partial charge in [0.15, 0.2) is 15.8 Å². The standard InChI is InChI=1S/C17H9BrFNO3S2/c18-12-5-9(6-13-15(12)23-8-22-13)7-14-16(21)20(17(24)25-14)11-3-1-10(19)2-4-11/h1-7H,8H2/b14-7+. The van der Waals surface area contributed by atoms with E-state index in [2.05, 4.69) is 15.9 Å². The third-order valence-electron chi connectivity index (χ3n) is 3.63. The highest BCUT2D eigenvalue weighted by atomic mass is 79.9. The maximum Gasteiger partial charge on any atom is 0.270 e. The van der Waals surface area contributed by atoms with Gasteiger partial charge in [0.2, 0.25) is 6.79 Å². The van der Waals surface area contributed by atoms with Gasteiger partial charge in [-0.3, -0.25) is 9.69 Å². The van der Waals surface area contributed by atoms with Gasteiger partial charge in [-0.2, -0.15) is 0 Å².